The number of carbonyl (C=O) groups is 1. The predicted octanol–water partition coefficient (Wildman–Crippen LogP) is 3.53. The molecule has 2 saturated heterocycles. The number of benzene rings is 1. The van der Waals surface area contributed by atoms with E-state index in [1.807, 2.05) is 17.0 Å². The van der Waals surface area contributed by atoms with Gasteiger partial charge in [-0.15, -0.1) is 0 Å². The summed E-state index contributed by atoms with van der Waals surface area (Å²) in [5, 5.41) is 0.677. The average molecular weight is 374 g/mol. The summed E-state index contributed by atoms with van der Waals surface area (Å²) in [6.45, 7) is 4.88. The summed E-state index contributed by atoms with van der Waals surface area (Å²) in [5.74, 6) is 0.499. The Morgan fingerprint density at radius 1 is 1.31 bits per heavy atom. The largest absolute Gasteiger partial charge is 0.335 e. The minimum absolute atomic E-state index is 0.0531. The SMILES string of the molecule is CC(=O)N1C[C@H]2CN(Cc3ccncc3Cl)C[C@H]2[C@@H]1c1cccc(F)c1. The number of rotatable bonds is 3. The number of fused-ring (bicyclic) bond motifs is 1. The number of hydrogen-bond acceptors (Lipinski definition) is 3. The Bertz CT molecular complexity index is 830. The second-order valence-electron chi connectivity index (χ2n) is 7.26. The third kappa shape index (κ3) is 3.21. The zero-order valence-electron chi connectivity index (χ0n) is 14.6. The van der Waals surface area contributed by atoms with Crippen LogP contribution in [0.15, 0.2) is 42.7 Å². The summed E-state index contributed by atoms with van der Waals surface area (Å²) < 4.78 is 13.8. The number of amides is 1. The molecule has 4 rings (SSSR count). The van der Waals surface area contributed by atoms with E-state index < -0.39 is 0 Å². The van der Waals surface area contributed by atoms with Crippen LogP contribution in [0.1, 0.15) is 24.1 Å². The van der Waals surface area contributed by atoms with Gasteiger partial charge in [-0.1, -0.05) is 23.7 Å². The fourth-order valence-electron chi connectivity index (χ4n) is 4.48. The second-order valence-corrected chi connectivity index (χ2v) is 7.66. The molecule has 136 valence electrons. The Balaban J connectivity index is 1.57. The topological polar surface area (TPSA) is 36.4 Å². The van der Waals surface area contributed by atoms with E-state index in [1.54, 1.807) is 31.5 Å². The molecule has 6 heteroatoms. The maximum atomic E-state index is 13.8. The lowest BCUT2D eigenvalue weighted by Gasteiger charge is -2.29. The summed E-state index contributed by atoms with van der Waals surface area (Å²) in [6.07, 6.45) is 3.42. The van der Waals surface area contributed by atoms with E-state index in [0.717, 1.165) is 37.3 Å². The molecule has 3 heterocycles. The molecule has 1 amide bonds. The predicted molar refractivity (Wildman–Crippen MR) is 98.0 cm³/mol. The van der Waals surface area contributed by atoms with E-state index >= 15 is 0 Å². The van der Waals surface area contributed by atoms with Crippen LogP contribution in [0, 0.1) is 17.7 Å². The lowest BCUT2D eigenvalue weighted by molar-refractivity contribution is -0.130. The molecule has 26 heavy (non-hydrogen) atoms. The van der Waals surface area contributed by atoms with Crippen molar-refractivity contribution in [1.29, 1.82) is 0 Å². The molecule has 2 fully saturated rings. The van der Waals surface area contributed by atoms with Gasteiger partial charge in [0.1, 0.15) is 5.82 Å². The Labute approximate surface area is 157 Å². The monoisotopic (exact) mass is 373 g/mol. The summed E-state index contributed by atoms with van der Waals surface area (Å²) in [6, 6.07) is 8.54. The van der Waals surface area contributed by atoms with Gasteiger partial charge in [0, 0.05) is 51.4 Å². The van der Waals surface area contributed by atoms with Crippen LogP contribution in [-0.4, -0.2) is 40.3 Å². The van der Waals surface area contributed by atoms with Gasteiger partial charge in [0.2, 0.25) is 5.91 Å². The van der Waals surface area contributed by atoms with Crippen molar-refractivity contribution in [2.75, 3.05) is 19.6 Å². The summed E-state index contributed by atoms with van der Waals surface area (Å²) in [4.78, 5) is 20.5. The van der Waals surface area contributed by atoms with Gasteiger partial charge in [0.15, 0.2) is 0 Å². The van der Waals surface area contributed by atoms with Gasteiger partial charge < -0.3 is 4.90 Å². The molecule has 2 aromatic rings. The highest BCUT2D eigenvalue weighted by Crippen LogP contribution is 2.45. The second kappa shape index (κ2) is 6.97. The number of carbonyl (C=O) groups excluding carboxylic acids is 1. The molecule has 2 aliphatic rings. The minimum Gasteiger partial charge on any atom is -0.335 e. The fraction of sp³-hybridized carbons (Fsp3) is 0.400. The lowest BCUT2D eigenvalue weighted by atomic mass is 9.89. The average Bonchev–Trinajstić information content (AvgIpc) is 3.14. The molecule has 0 spiro atoms. The molecular formula is C20H21ClFN3O. The third-order valence-electron chi connectivity index (χ3n) is 5.58. The molecule has 1 aromatic carbocycles. The Hall–Kier alpha value is -1.98. The Morgan fingerprint density at radius 3 is 2.88 bits per heavy atom. The smallest absolute Gasteiger partial charge is 0.219 e. The van der Waals surface area contributed by atoms with Gasteiger partial charge in [-0.25, -0.2) is 4.39 Å². The number of nitrogens with zero attached hydrogens (tertiary/aromatic N) is 3. The van der Waals surface area contributed by atoms with Gasteiger partial charge in [0.05, 0.1) is 11.1 Å². The van der Waals surface area contributed by atoms with E-state index in [2.05, 4.69) is 9.88 Å². The standard InChI is InChI=1S/C20H21ClFN3O/c1-13(26)25-11-16-10-24(9-15-5-6-23-8-19(15)21)12-18(16)20(25)14-3-2-4-17(22)7-14/h2-8,16,18,20H,9-12H2,1H3/t16-,18-,20+/m1/s1. The van der Waals surface area contributed by atoms with E-state index in [0.29, 0.717) is 16.9 Å². The first-order valence-electron chi connectivity index (χ1n) is 8.86. The normalized spacial score (nSPS) is 25.5. The fourth-order valence-corrected chi connectivity index (χ4v) is 4.66. The Kier molecular flexibility index (Phi) is 4.67. The molecule has 4 nitrogen and oxygen atoms in total. The first-order chi connectivity index (χ1) is 12.5. The van der Waals surface area contributed by atoms with Crippen LogP contribution in [0.25, 0.3) is 0 Å². The summed E-state index contributed by atoms with van der Waals surface area (Å²) >= 11 is 6.25. The number of likely N-dealkylation sites (tertiary alicyclic amines) is 2. The van der Waals surface area contributed by atoms with Gasteiger partial charge in [-0.3, -0.25) is 14.7 Å². The van der Waals surface area contributed by atoms with Crippen molar-refractivity contribution in [2.24, 2.45) is 11.8 Å². The van der Waals surface area contributed by atoms with Crippen molar-refractivity contribution < 1.29 is 9.18 Å². The molecule has 1 aromatic heterocycles. The van der Waals surface area contributed by atoms with E-state index in [1.165, 1.54) is 6.07 Å². The first-order valence-corrected chi connectivity index (χ1v) is 9.24. The molecular weight excluding hydrogens is 353 g/mol. The van der Waals surface area contributed by atoms with Crippen LogP contribution in [0.2, 0.25) is 5.02 Å². The van der Waals surface area contributed by atoms with Crippen molar-refractivity contribution in [3.63, 3.8) is 0 Å². The zero-order chi connectivity index (χ0) is 18.3. The molecule has 0 N–H and O–H groups in total. The highest BCUT2D eigenvalue weighted by atomic mass is 35.5. The third-order valence-corrected chi connectivity index (χ3v) is 5.93. The summed E-state index contributed by atoms with van der Waals surface area (Å²) in [7, 11) is 0. The maximum Gasteiger partial charge on any atom is 0.219 e. The molecule has 0 radical (unpaired) electrons. The van der Waals surface area contributed by atoms with Gasteiger partial charge >= 0.3 is 0 Å². The van der Waals surface area contributed by atoms with Crippen LogP contribution in [0.3, 0.4) is 0 Å². The van der Waals surface area contributed by atoms with Crippen molar-refractivity contribution in [2.45, 2.75) is 19.5 Å². The van der Waals surface area contributed by atoms with Crippen LogP contribution >= 0.6 is 11.6 Å². The quantitative estimate of drug-likeness (QED) is 0.825. The summed E-state index contributed by atoms with van der Waals surface area (Å²) in [5.41, 5.74) is 1.95. The molecule has 0 unspecified atom stereocenters. The van der Waals surface area contributed by atoms with E-state index in [9.17, 15) is 9.18 Å². The van der Waals surface area contributed by atoms with Gasteiger partial charge in [0.25, 0.3) is 0 Å². The minimum atomic E-state index is -0.257. The molecule has 3 atom stereocenters. The molecule has 0 bridgehead atoms. The van der Waals surface area contributed by atoms with Crippen LogP contribution in [0.5, 0.6) is 0 Å². The van der Waals surface area contributed by atoms with Crippen molar-refractivity contribution in [3.8, 4) is 0 Å². The highest BCUT2D eigenvalue weighted by Gasteiger charge is 2.48. The highest BCUT2D eigenvalue weighted by molar-refractivity contribution is 6.31. The Morgan fingerprint density at radius 2 is 2.15 bits per heavy atom. The lowest BCUT2D eigenvalue weighted by Crippen LogP contribution is -2.34. The molecule has 0 saturated carbocycles. The van der Waals surface area contributed by atoms with Gasteiger partial charge in [-0.05, 0) is 35.2 Å². The van der Waals surface area contributed by atoms with E-state index in [-0.39, 0.29) is 17.8 Å². The van der Waals surface area contributed by atoms with Crippen molar-refractivity contribution in [3.05, 3.63) is 64.7 Å². The molecule has 2 aliphatic heterocycles. The van der Waals surface area contributed by atoms with Crippen LogP contribution in [0.4, 0.5) is 4.39 Å². The van der Waals surface area contributed by atoms with Gasteiger partial charge in [-0.2, -0.15) is 0 Å². The first kappa shape index (κ1) is 17.4. The number of aromatic nitrogens is 1. The van der Waals surface area contributed by atoms with Crippen LogP contribution < -0.4 is 0 Å². The number of halogens is 2. The van der Waals surface area contributed by atoms with Crippen LogP contribution in [-0.2, 0) is 11.3 Å². The number of hydrogen-bond donors (Lipinski definition) is 0. The zero-order valence-corrected chi connectivity index (χ0v) is 15.4. The van der Waals surface area contributed by atoms with Crippen molar-refractivity contribution >= 4 is 17.5 Å². The molecule has 0 aliphatic carbocycles. The number of pyridine rings is 1. The van der Waals surface area contributed by atoms with E-state index in [4.69, 9.17) is 11.6 Å². The maximum absolute atomic E-state index is 13.8. The van der Waals surface area contributed by atoms with Crippen molar-refractivity contribution in [1.82, 2.24) is 14.8 Å².